The molecular formula is C11H12N2O3. The molecule has 5 heteroatoms. The molecule has 84 valence electrons. The van der Waals surface area contributed by atoms with Crippen LogP contribution in [0.1, 0.15) is 23.3 Å². The largest absolute Gasteiger partial charge is 0.477 e. The maximum atomic E-state index is 11.3. The molecule has 1 aromatic rings. The molecule has 0 aromatic carbocycles. The van der Waals surface area contributed by atoms with Crippen molar-refractivity contribution in [2.24, 2.45) is 0 Å². The van der Waals surface area contributed by atoms with Crippen LogP contribution in [0.4, 0.5) is 5.82 Å². The molecule has 0 saturated heterocycles. The van der Waals surface area contributed by atoms with Gasteiger partial charge < -0.3 is 10.4 Å². The van der Waals surface area contributed by atoms with Crippen molar-refractivity contribution in [2.45, 2.75) is 12.8 Å². The van der Waals surface area contributed by atoms with Crippen molar-refractivity contribution in [2.75, 3.05) is 5.32 Å². The van der Waals surface area contributed by atoms with E-state index >= 15 is 0 Å². The highest BCUT2D eigenvalue weighted by molar-refractivity contribution is 5.91. The number of aromatic nitrogens is 1. The van der Waals surface area contributed by atoms with Gasteiger partial charge in [-0.15, -0.1) is 6.58 Å². The smallest absolute Gasteiger partial charge is 0.354 e. The lowest BCUT2D eigenvalue weighted by atomic mass is 10.3. The van der Waals surface area contributed by atoms with Crippen LogP contribution in [0.15, 0.2) is 30.9 Å². The Bertz CT molecular complexity index is 415. The molecule has 1 rings (SSSR count). The highest BCUT2D eigenvalue weighted by atomic mass is 16.4. The van der Waals surface area contributed by atoms with Gasteiger partial charge in [0.15, 0.2) is 5.69 Å². The summed E-state index contributed by atoms with van der Waals surface area (Å²) in [5.74, 6) is -1.09. The number of rotatable bonds is 5. The number of carboxylic acids is 1. The Morgan fingerprint density at radius 3 is 2.88 bits per heavy atom. The summed E-state index contributed by atoms with van der Waals surface area (Å²) in [6.07, 6.45) is 2.52. The molecule has 1 aromatic heterocycles. The van der Waals surface area contributed by atoms with Gasteiger partial charge in [0.2, 0.25) is 5.91 Å². The fraction of sp³-hybridized carbons (Fsp3) is 0.182. The summed E-state index contributed by atoms with van der Waals surface area (Å²) in [6.45, 7) is 3.50. The third-order valence-electron chi connectivity index (χ3n) is 1.81. The summed E-state index contributed by atoms with van der Waals surface area (Å²) in [5.41, 5.74) is -0.0958. The van der Waals surface area contributed by atoms with Crippen molar-refractivity contribution in [3.63, 3.8) is 0 Å². The fourth-order valence-electron chi connectivity index (χ4n) is 1.06. The second-order valence-electron chi connectivity index (χ2n) is 3.09. The van der Waals surface area contributed by atoms with Gasteiger partial charge in [0.05, 0.1) is 0 Å². The molecule has 2 N–H and O–H groups in total. The van der Waals surface area contributed by atoms with Crippen LogP contribution < -0.4 is 5.32 Å². The second-order valence-corrected chi connectivity index (χ2v) is 3.09. The Balaban J connectivity index is 2.66. The minimum absolute atomic E-state index is 0.0958. The number of carbonyl (C=O) groups excluding carboxylic acids is 1. The molecule has 0 saturated carbocycles. The summed E-state index contributed by atoms with van der Waals surface area (Å²) in [4.78, 5) is 25.7. The summed E-state index contributed by atoms with van der Waals surface area (Å²) >= 11 is 0. The van der Waals surface area contributed by atoms with Crippen LogP contribution in [-0.4, -0.2) is 22.0 Å². The summed E-state index contributed by atoms with van der Waals surface area (Å²) < 4.78 is 0. The van der Waals surface area contributed by atoms with E-state index in [1.807, 2.05) is 0 Å². The van der Waals surface area contributed by atoms with E-state index in [-0.39, 0.29) is 17.4 Å². The van der Waals surface area contributed by atoms with E-state index < -0.39 is 5.97 Å². The molecule has 0 radical (unpaired) electrons. The number of aromatic carboxylic acids is 1. The van der Waals surface area contributed by atoms with Gasteiger partial charge in [0, 0.05) is 6.42 Å². The first kappa shape index (κ1) is 11.9. The topological polar surface area (TPSA) is 79.3 Å². The Kier molecular flexibility index (Phi) is 4.20. The monoisotopic (exact) mass is 220 g/mol. The zero-order chi connectivity index (χ0) is 12.0. The normalized spacial score (nSPS) is 9.50. The molecule has 0 bridgehead atoms. The maximum Gasteiger partial charge on any atom is 0.354 e. The first-order chi connectivity index (χ1) is 7.63. The van der Waals surface area contributed by atoms with E-state index in [0.717, 1.165) is 0 Å². The lowest BCUT2D eigenvalue weighted by Gasteiger charge is -2.03. The second kappa shape index (κ2) is 5.65. The Morgan fingerprint density at radius 2 is 2.25 bits per heavy atom. The molecular weight excluding hydrogens is 208 g/mol. The van der Waals surface area contributed by atoms with Crippen molar-refractivity contribution in [3.05, 3.63) is 36.5 Å². The van der Waals surface area contributed by atoms with Gasteiger partial charge in [-0.1, -0.05) is 12.1 Å². The average molecular weight is 220 g/mol. The van der Waals surface area contributed by atoms with Gasteiger partial charge in [0.25, 0.3) is 0 Å². The molecule has 0 fully saturated rings. The van der Waals surface area contributed by atoms with Crippen LogP contribution in [0.2, 0.25) is 0 Å². The number of carbonyl (C=O) groups is 2. The minimum Gasteiger partial charge on any atom is -0.477 e. The van der Waals surface area contributed by atoms with E-state index in [9.17, 15) is 9.59 Å². The molecule has 0 aliphatic heterocycles. The number of anilines is 1. The quantitative estimate of drug-likeness (QED) is 0.740. The number of nitrogens with zero attached hydrogens (tertiary/aromatic N) is 1. The van der Waals surface area contributed by atoms with Crippen LogP contribution in [0.5, 0.6) is 0 Å². The first-order valence-electron chi connectivity index (χ1n) is 4.74. The lowest BCUT2D eigenvalue weighted by molar-refractivity contribution is -0.116. The van der Waals surface area contributed by atoms with Crippen LogP contribution in [0.3, 0.4) is 0 Å². The number of hydrogen-bond donors (Lipinski definition) is 2. The standard InChI is InChI=1S/C11H12N2O3/c1-2-3-7-10(14)13-9-6-4-5-8(12-9)11(15)16/h2,4-6H,1,3,7H2,(H,15,16)(H,12,13,14). The lowest BCUT2D eigenvalue weighted by Crippen LogP contribution is -2.13. The van der Waals surface area contributed by atoms with Gasteiger partial charge in [-0.05, 0) is 18.6 Å². The zero-order valence-corrected chi connectivity index (χ0v) is 8.64. The van der Waals surface area contributed by atoms with Gasteiger partial charge in [-0.25, -0.2) is 9.78 Å². The van der Waals surface area contributed by atoms with Crippen LogP contribution in [0.25, 0.3) is 0 Å². The van der Waals surface area contributed by atoms with Crippen LogP contribution >= 0.6 is 0 Å². The third kappa shape index (κ3) is 3.53. The highest BCUT2D eigenvalue weighted by Crippen LogP contribution is 2.05. The minimum atomic E-state index is -1.12. The van der Waals surface area contributed by atoms with Crippen molar-refractivity contribution >= 4 is 17.7 Å². The van der Waals surface area contributed by atoms with Crippen LogP contribution in [0, 0.1) is 0 Å². The number of carboxylic acid groups (broad SMARTS) is 1. The van der Waals surface area contributed by atoms with Crippen molar-refractivity contribution in [1.29, 1.82) is 0 Å². The van der Waals surface area contributed by atoms with E-state index in [1.54, 1.807) is 6.08 Å². The molecule has 0 spiro atoms. The van der Waals surface area contributed by atoms with Crippen molar-refractivity contribution in [3.8, 4) is 0 Å². The molecule has 0 atom stereocenters. The molecule has 1 heterocycles. The predicted molar refractivity (Wildman–Crippen MR) is 59.3 cm³/mol. The van der Waals surface area contributed by atoms with Crippen LogP contribution in [-0.2, 0) is 4.79 Å². The maximum absolute atomic E-state index is 11.3. The third-order valence-corrected chi connectivity index (χ3v) is 1.81. The van der Waals surface area contributed by atoms with Crippen molar-refractivity contribution < 1.29 is 14.7 Å². The van der Waals surface area contributed by atoms with E-state index in [0.29, 0.717) is 12.8 Å². The van der Waals surface area contributed by atoms with Crippen molar-refractivity contribution in [1.82, 2.24) is 4.98 Å². The zero-order valence-electron chi connectivity index (χ0n) is 8.64. The van der Waals surface area contributed by atoms with E-state index in [4.69, 9.17) is 5.11 Å². The molecule has 5 nitrogen and oxygen atoms in total. The molecule has 0 aliphatic carbocycles. The van der Waals surface area contributed by atoms with Gasteiger partial charge >= 0.3 is 5.97 Å². The SMILES string of the molecule is C=CCCC(=O)Nc1cccc(C(=O)O)n1. The average Bonchev–Trinajstić information content (AvgIpc) is 2.26. The summed E-state index contributed by atoms with van der Waals surface area (Å²) in [6, 6.07) is 4.43. The Hall–Kier alpha value is -2.17. The number of pyridine rings is 1. The van der Waals surface area contributed by atoms with Gasteiger partial charge in [-0.3, -0.25) is 4.79 Å². The van der Waals surface area contributed by atoms with E-state index in [2.05, 4.69) is 16.9 Å². The highest BCUT2D eigenvalue weighted by Gasteiger charge is 2.06. The number of amides is 1. The molecule has 16 heavy (non-hydrogen) atoms. The predicted octanol–water partition coefficient (Wildman–Crippen LogP) is 1.68. The summed E-state index contributed by atoms with van der Waals surface area (Å²) in [7, 11) is 0. The van der Waals surface area contributed by atoms with Gasteiger partial charge in [0.1, 0.15) is 5.82 Å². The van der Waals surface area contributed by atoms with Gasteiger partial charge in [-0.2, -0.15) is 0 Å². The molecule has 0 unspecified atom stereocenters. The molecule has 1 amide bonds. The van der Waals surface area contributed by atoms with E-state index in [1.165, 1.54) is 18.2 Å². The number of hydrogen-bond acceptors (Lipinski definition) is 3. The number of nitrogens with one attached hydrogen (secondary N) is 1. The fourth-order valence-corrected chi connectivity index (χ4v) is 1.06. The summed E-state index contributed by atoms with van der Waals surface area (Å²) in [5, 5.41) is 11.2. The Morgan fingerprint density at radius 1 is 1.50 bits per heavy atom. The molecule has 0 aliphatic rings. The number of allylic oxidation sites excluding steroid dienone is 1. The Labute approximate surface area is 92.8 Å². The first-order valence-corrected chi connectivity index (χ1v) is 4.74.